The van der Waals surface area contributed by atoms with Gasteiger partial charge in [0.1, 0.15) is 23.2 Å². The fourth-order valence-corrected chi connectivity index (χ4v) is 5.33. The number of aromatic hydroxyl groups is 1. The van der Waals surface area contributed by atoms with Gasteiger partial charge in [0, 0.05) is 31.9 Å². The summed E-state index contributed by atoms with van der Waals surface area (Å²) in [6, 6.07) is 8.95. The third kappa shape index (κ3) is 4.68. The number of nitrogens with zero attached hydrogens (tertiary/aromatic N) is 6. The number of rotatable bonds is 5. The molecule has 0 spiro atoms. The summed E-state index contributed by atoms with van der Waals surface area (Å²) >= 11 is 6.68. The summed E-state index contributed by atoms with van der Waals surface area (Å²) < 4.78 is 16.2. The van der Waals surface area contributed by atoms with Crippen LogP contribution in [0.5, 0.6) is 5.75 Å². The van der Waals surface area contributed by atoms with E-state index in [9.17, 15) is 19.1 Å². The van der Waals surface area contributed by atoms with Crippen LogP contribution < -0.4 is 10.6 Å². The Morgan fingerprint density at radius 2 is 1.98 bits per heavy atom. The maximum absolute atomic E-state index is 14.9. The van der Waals surface area contributed by atoms with Crippen LogP contribution in [0.2, 0.25) is 5.02 Å². The number of amides is 1. The normalized spacial score (nSPS) is 15.6. The predicted molar refractivity (Wildman–Crippen MR) is 153 cm³/mol. The number of benzene rings is 1. The summed E-state index contributed by atoms with van der Waals surface area (Å²) in [6.07, 6.45) is 2.85. The number of pyridine rings is 2. The van der Waals surface area contributed by atoms with E-state index in [1.165, 1.54) is 28.8 Å². The van der Waals surface area contributed by atoms with Crippen molar-refractivity contribution in [2.24, 2.45) is 0 Å². The van der Waals surface area contributed by atoms with E-state index >= 15 is 0 Å². The highest BCUT2D eigenvalue weighted by Gasteiger charge is 2.30. The Balaban J connectivity index is 1.80. The molecule has 0 aliphatic carbocycles. The Hall–Kier alpha value is -4.31. The molecule has 0 bridgehead atoms. The van der Waals surface area contributed by atoms with Crippen LogP contribution in [0.1, 0.15) is 32.3 Å². The van der Waals surface area contributed by atoms with Crippen LogP contribution in [0, 0.1) is 5.82 Å². The number of phenolic OH excluding ortho intramolecular Hbond substituents is 1. The summed E-state index contributed by atoms with van der Waals surface area (Å²) in [6.45, 7) is 10.7. The molecule has 0 radical (unpaired) electrons. The van der Waals surface area contributed by atoms with E-state index < -0.39 is 11.5 Å². The molecule has 1 aromatic carbocycles. The zero-order valence-electron chi connectivity index (χ0n) is 22.3. The van der Waals surface area contributed by atoms with Gasteiger partial charge in [-0.3, -0.25) is 4.79 Å². The van der Waals surface area contributed by atoms with Gasteiger partial charge in [0.2, 0.25) is 5.91 Å². The van der Waals surface area contributed by atoms with Crippen LogP contribution in [0.3, 0.4) is 0 Å². The number of anilines is 1. The lowest BCUT2D eigenvalue weighted by atomic mass is 10.0. The monoisotopic (exact) mass is 562 g/mol. The molecule has 4 aromatic rings. The van der Waals surface area contributed by atoms with E-state index in [-0.39, 0.29) is 45.5 Å². The zero-order valence-corrected chi connectivity index (χ0v) is 23.1. The topological polar surface area (TPSA) is 104 Å². The van der Waals surface area contributed by atoms with Gasteiger partial charge >= 0.3 is 5.69 Å². The van der Waals surface area contributed by atoms with E-state index in [0.717, 1.165) is 5.56 Å². The third-order valence-corrected chi connectivity index (χ3v) is 7.35. The van der Waals surface area contributed by atoms with Crippen molar-refractivity contribution in [1.82, 2.24) is 24.4 Å². The van der Waals surface area contributed by atoms with Crippen molar-refractivity contribution in [3.05, 3.63) is 82.1 Å². The lowest BCUT2D eigenvalue weighted by molar-refractivity contribution is -0.126. The number of halogens is 2. The second-order valence-corrected chi connectivity index (χ2v) is 10.4. The number of fused-ring (bicyclic) bond motifs is 1. The number of hydrogen-bond donors (Lipinski definition) is 1. The highest BCUT2D eigenvalue weighted by Crippen LogP contribution is 2.38. The number of phenols is 1. The number of piperazine rings is 1. The predicted octanol–water partition coefficient (Wildman–Crippen LogP) is 4.69. The van der Waals surface area contributed by atoms with E-state index in [2.05, 4.69) is 21.5 Å². The molecule has 0 saturated carbocycles. The molecule has 1 aliphatic rings. The molecule has 40 heavy (non-hydrogen) atoms. The lowest BCUT2D eigenvalue weighted by Gasteiger charge is -2.40. The first kappa shape index (κ1) is 27.3. The fraction of sp³-hybridized carbons (Fsp3) is 0.276. The van der Waals surface area contributed by atoms with Crippen LogP contribution in [-0.2, 0) is 4.79 Å². The molecule has 206 valence electrons. The molecule has 11 heteroatoms. The molecule has 5 rings (SSSR count). The van der Waals surface area contributed by atoms with Crippen molar-refractivity contribution < 1.29 is 14.3 Å². The van der Waals surface area contributed by atoms with E-state index in [4.69, 9.17) is 11.6 Å². The summed E-state index contributed by atoms with van der Waals surface area (Å²) in [4.78, 5) is 43.3. The molecule has 1 atom stereocenters. The molecule has 9 nitrogen and oxygen atoms in total. The van der Waals surface area contributed by atoms with Crippen molar-refractivity contribution in [2.45, 2.75) is 32.7 Å². The maximum Gasteiger partial charge on any atom is 0.357 e. The Morgan fingerprint density at radius 3 is 2.65 bits per heavy atom. The van der Waals surface area contributed by atoms with Crippen LogP contribution in [0.25, 0.3) is 28.1 Å². The molecular weight excluding hydrogens is 535 g/mol. The number of aromatic nitrogens is 4. The molecule has 1 N–H and O–H groups in total. The van der Waals surface area contributed by atoms with Crippen LogP contribution in [0.4, 0.5) is 10.2 Å². The van der Waals surface area contributed by atoms with Gasteiger partial charge in [-0.05, 0) is 48.7 Å². The summed E-state index contributed by atoms with van der Waals surface area (Å²) in [5.41, 5.74) is 0.124. The van der Waals surface area contributed by atoms with Crippen molar-refractivity contribution >= 4 is 34.4 Å². The average Bonchev–Trinajstić information content (AvgIpc) is 2.92. The summed E-state index contributed by atoms with van der Waals surface area (Å²) in [7, 11) is 0. The maximum atomic E-state index is 14.9. The average molecular weight is 563 g/mol. The van der Waals surface area contributed by atoms with Crippen molar-refractivity contribution in [2.75, 3.05) is 24.5 Å². The van der Waals surface area contributed by atoms with Gasteiger partial charge in [-0.15, -0.1) is 0 Å². The number of carbonyl (C=O) groups excluding carboxylic acids is 1. The number of carbonyl (C=O) groups is 1. The first-order valence-corrected chi connectivity index (χ1v) is 13.2. The summed E-state index contributed by atoms with van der Waals surface area (Å²) in [5, 5.41) is 11.0. The molecule has 1 aliphatic heterocycles. The first-order valence-electron chi connectivity index (χ1n) is 12.9. The largest absolute Gasteiger partial charge is 0.507 e. The fourth-order valence-electron chi connectivity index (χ4n) is 5.09. The minimum atomic E-state index is -0.714. The Morgan fingerprint density at radius 1 is 1.20 bits per heavy atom. The molecule has 4 heterocycles. The summed E-state index contributed by atoms with van der Waals surface area (Å²) in [5.74, 6) is -0.517. The van der Waals surface area contributed by atoms with Gasteiger partial charge in [0.05, 0.1) is 21.7 Å². The Kier molecular flexibility index (Phi) is 7.29. The van der Waals surface area contributed by atoms with Crippen LogP contribution in [-0.4, -0.2) is 61.1 Å². The molecule has 1 fully saturated rings. The molecular formula is C29H28ClFN6O3. The molecule has 1 amide bonds. The minimum absolute atomic E-state index is 0.0169. The molecule has 1 unspecified atom stereocenters. The van der Waals surface area contributed by atoms with Gasteiger partial charge in [-0.1, -0.05) is 44.2 Å². The smallest absolute Gasteiger partial charge is 0.357 e. The van der Waals surface area contributed by atoms with Gasteiger partial charge in [0.15, 0.2) is 5.65 Å². The molecule has 3 aromatic heterocycles. The lowest BCUT2D eigenvalue weighted by Crippen LogP contribution is -2.54. The van der Waals surface area contributed by atoms with E-state index in [1.807, 2.05) is 31.7 Å². The second kappa shape index (κ2) is 10.7. The zero-order chi connectivity index (χ0) is 28.7. The van der Waals surface area contributed by atoms with Crippen LogP contribution in [0.15, 0.2) is 60.0 Å². The second-order valence-electron chi connectivity index (χ2n) is 9.98. The standard InChI is InChI=1S/C29H28ClFN6O3/c1-5-23(39)35-12-13-36(17(4)15-35)27-19-14-20(30)25(24-21(31)9-6-10-22(24)38)33-28(19)37(29(40)34-27)26-18(16(2)3)8-7-11-32-26/h5-11,14,16-17,38H,1,12-13,15H2,2-4H3. The Labute approximate surface area is 235 Å². The first-order chi connectivity index (χ1) is 19.1. The minimum Gasteiger partial charge on any atom is -0.507 e. The van der Waals surface area contributed by atoms with Crippen molar-refractivity contribution in [3.8, 4) is 22.8 Å². The van der Waals surface area contributed by atoms with Gasteiger partial charge in [-0.25, -0.2) is 23.7 Å². The van der Waals surface area contributed by atoms with E-state index in [1.54, 1.807) is 23.2 Å². The molecule has 1 saturated heterocycles. The third-order valence-electron chi connectivity index (χ3n) is 7.07. The highest BCUT2D eigenvalue weighted by atomic mass is 35.5. The Bertz CT molecular complexity index is 1690. The van der Waals surface area contributed by atoms with Gasteiger partial charge < -0.3 is 14.9 Å². The quantitative estimate of drug-likeness (QED) is 0.352. The van der Waals surface area contributed by atoms with Crippen molar-refractivity contribution in [1.29, 1.82) is 0 Å². The van der Waals surface area contributed by atoms with E-state index in [0.29, 0.717) is 36.7 Å². The van der Waals surface area contributed by atoms with Gasteiger partial charge in [0.25, 0.3) is 0 Å². The van der Waals surface area contributed by atoms with Crippen molar-refractivity contribution in [3.63, 3.8) is 0 Å². The SMILES string of the molecule is C=CC(=O)N1CCN(c2nc(=O)n(-c3ncccc3C(C)C)c3nc(-c4c(O)cccc4F)c(Cl)cc23)C(C)C1. The van der Waals surface area contributed by atoms with Crippen LogP contribution >= 0.6 is 11.6 Å². The highest BCUT2D eigenvalue weighted by molar-refractivity contribution is 6.34. The number of hydrogen-bond acceptors (Lipinski definition) is 7. The van der Waals surface area contributed by atoms with Gasteiger partial charge in [-0.2, -0.15) is 4.98 Å².